The SMILES string of the molecule is C=CCn1c(SCC(=O)Nc2ccc([N+](=O)[O-])cc2)nnc1[C@H](C)NC(=O)c1ccc(OC)cc1. The van der Waals surface area contributed by atoms with Gasteiger partial charge < -0.3 is 19.9 Å². The number of nitrogens with one attached hydrogen (secondary N) is 2. The lowest BCUT2D eigenvalue weighted by atomic mass is 10.2. The van der Waals surface area contributed by atoms with E-state index >= 15 is 0 Å². The highest BCUT2D eigenvalue weighted by Gasteiger charge is 2.20. The molecule has 2 aromatic carbocycles. The number of anilines is 1. The van der Waals surface area contributed by atoms with Crippen molar-refractivity contribution in [1.29, 1.82) is 0 Å². The molecule has 2 N–H and O–H groups in total. The van der Waals surface area contributed by atoms with Crippen LogP contribution in [-0.2, 0) is 11.3 Å². The second-order valence-electron chi connectivity index (χ2n) is 7.30. The number of ether oxygens (including phenoxy) is 1. The third-order valence-electron chi connectivity index (χ3n) is 4.84. The number of methoxy groups -OCH3 is 1. The number of carbonyl (C=O) groups excluding carboxylic acids is 2. The van der Waals surface area contributed by atoms with E-state index in [9.17, 15) is 19.7 Å². The van der Waals surface area contributed by atoms with Gasteiger partial charge in [-0.2, -0.15) is 0 Å². The lowest BCUT2D eigenvalue weighted by molar-refractivity contribution is -0.384. The van der Waals surface area contributed by atoms with Crippen molar-refractivity contribution < 1.29 is 19.2 Å². The number of carbonyl (C=O) groups is 2. The first-order valence-electron chi connectivity index (χ1n) is 10.5. The van der Waals surface area contributed by atoms with Gasteiger partial charge >= 0.3 is 0 Å². The van der Waals surface area contributed by atoms with E-state index in [1.54, 1.807) is 48.9 Å². The van der Waals surface area contributed by atoms with Crippen LogP contribution < -0.4 is 15.4 Å². The van der Waals surface area contributed by atoms with Crippen molar-refractivity contribution in [2.75, 3.05) is 18.2 Å². The molecule has 2 amide bonds. The van der Waals surface area contributed by atoms with Gasteiger partial charge in [-0.25, -0.2) is 0 Å². The Morgan fingerprint density at radius 2 is 1.89 bits per heavy atom. The molecule has 0 saturated heterocycles. The smallest absolute Gasteiger partial charge is 0.269 e. The van der Waals surface area contributed by atoms with Crippen LogP contribution in [0.3, 0.4) is 0 Å². The number of hydrogen-bond donors (Lipinski definition) is 2. The van der Waals surface area contributed by atoms with Gasteiger partial charge in [0.25, 0.3) is 11.6 Å². The predicted molar refractivity (Wildman–Crippen MR) is 132 cm³/mol. The van der Waals surface area contributed by atoms with E-state index in [0.29, 0.717) is 34.5 Å². The zero-order chi connectivity index (χ0) is 25.4. The number of non-ortho nitro benzene ring substituents is 1. The van der Waals surface area contributed by atoms with E-state index in [4.69, 9.17) is 4.74 Å². The number of rotatable bonds is 11. The average Bonchev–Trinajstić information content (AvgIpc) is 3.26. The number of nitro benzene ring substituents is 1. The van der Waals surface area contributed by atoms with Gasteiger partial charge in [-0.15, -0.1) is 16.8 Å². The molecule has 35 heavy (non-hydrogen) atoms. The van der Waals surface area contributed by atoms with Crippen LogP contribution >= 0.6 is 11.8 Å². The minimum atomic E-state index is -0.508. The molecule has 12 heteroatoms. The topological polar surface area (TPSA) is 141 Å². The summed E-state index contributed by atoms with van der Waals surface area (Å²) in [5.41, 5.74) is 0.866. The average molecular weight is 497 g/mol. The molecule has 182 valence electrons. The molecule has 11 nitrogen and oxygen atoms in total. The monoisotopic (exact) mass is 496 g/mol. The standard InChI is InChI=1S/C23H24N6O5S/c1-4-13-28-21(15(2)24-22(31)16-5-11-19(34-3)12-6-16)26-27-23(28)35-14-20(30)25-17-7-9-18(10-8-17)29(32)33/h4-12,15H,1,13-14H2,2-3H3,(H,24,31)(H,25,30)/t15-/m0/s1. The Labute approximate surface area is 205 Å². The van der Waals surface area contributed by atoms with Crippen molar-refractivity contribution in [3.05, 3.63) is 82.7 Å². The molecule has 0 unspecified atom stereocenters. The van der Waals surface area contributed by atoms with E-state index in [1.807, 2.05) is 0 Å². The van der Waals surface area contributed by atoms with E-state index in [2.05, 4.69) is 27.4 Å². The second-order valence-corrected chi connectivity index (χ2v) is 8.25. The summed E-state index contributed by atoms with van der Waals surface area (Å²) in [7, 11) is 1.55. The van der Waals surface area contributed by atoms with Crippen molar-refractivity contribution in [2.24, 2.45) is 0 Å². The maximum Gasteiger partial charge on any atom is 0.269 e. The first-order valence-corrected chi connectivity index (χ1v) is 11.5. The first-order chi connectivity index (χ1) is 16.8. The molecule has 0 aliphatic rings. The summed E-state index contributed by atoms with van der Waals surface area (Å²) in [6.07, 6.45) is 1.67. The van der Waals surface area contributed by atoms with E-state index in [1.165, 1.54) is 36.0 Å². The molecule has 0 bridgehead atoms. The predicted octanol–water partition coefficient (Wildman–Crippen LogP) is 3.60. The largest absolute Gasteiger partial charge is 0.497 e. The van der Waals surface area contributed by atoms with Crippen LogP contribution in [0.2, 0.25) is 0 Å². The lowest BCUT2D eigenvalue weighted by Crippen LogP contribution is -2.28. The summed E-state index contributed by atoms with van der Waals surface area (Å²) in [5, 5.41) is 25.2. The zero-order valence-corrected chi connectivity index (χ0v) is 19.9. The van der Waals surface area contributed by atoms with Gasteiger partial charge in [-0.05, 0) is 43.3 Å². The third kappa shape index (κ3) is 6.67. The Morgan fingerprint density at radius 1 is 1.20 bits per heavy atom. The van der Waals surface area contributed by atoms with Crippen molar-refractivity contribution in [1.82, 2.24) is 20.1 Å². The Morgan fingerprint density at radius 3 is 2.49 bits per heavy atom. The summed E-state index contributed by atoms with van der Waals surface area (Å²) in [6, 6.07) is 11.8. The number of allylic oxidation sites excluding steroid dienone is 1. The number of hydrogen-bond acceptors (Lipinski definition) is 8. The molecule has 1 heterocycles. The lowest BCUT2D eigenvalue weighted by Gasteiger charge is -2.15. The van der Waals surface area contributed by atoms with E-state index in [-0.39, 0.29) is 23.3 Å². The highest BCUT2D eigenvalue weighted by atomic mass is 32.2. The Hall–Kier alpha value is -4.19. The summed E-state index contributed by atoms with van der Waals surface area (Å²) >= 11 is 1.17. The molecule has 0 fully saturated rings. The fraction of sp³-hybridized carbons (Fsp3) is 0.217. The van der Waals surface area contributed by atoms with Crippen LogP contribution in [0.4, 0.5) is 11.4 Å². The summed E-state index contributed by atoms with van der Waals surface area (Å²) in [6.45, 7) is 5.94. The van der Waals surface area contributed by atoms with Crippen molar-refractivity contribution >= 4 is 35.0 Å². The van der Waals surface area contributed by atoms with Crippen LogP contribution in [0.5, 0.6) is 5.75 Å². The molecule has 0 aliphatic carbocycles. The van der Waals surface area contributed by atoms with Gasteiger partial charge in [0.2, 0.25) is 5.91 Å². The highest BCUT2D eigenvalue weighted by molar-refractivity contribution is 7.99. The second kappa shape index (κ2) is 11.8. The molecule has 0 spiro atoms. The molecule has 1 atom stereocenters. The van der Waals surface area contributed by atoms with Crippen molar-refractivity contribution in [3.8, 4) is 5.75 Å². The van der Waals surface area contributed by atoms with Gasteiger partial charge in [0, 0.05) is 29.9 Å². The van der Waals surface area contributed by atoms with Gasteiger partial charge in [0.1, 0.15) is 5.75 Å². The summed E-state index contributed by atoms with van der Waals surface area (Å²) in [5.74, 6) is 0.632. The van der Waals surface area contributed by atoms with Crippen LogP contribution in [0.15, 0.2) is 66.3 Å². The van der Waals surface area contributed by atoms with Crippen LogP contribution in [0.1, 0.15) is 29.1 Å². The number of aromatic nitrogens is 3. The summed E-state index contributed by atoms with van der Waals surface area (Å²) < 4.78 is 6.89. The Balaban J connectivity index is 1.63. The normalized spacial score (nSPS) is 11.4. The zero-order valence-electron chi connectivity index (χ0n) is 19.1. The van der Waals surface area contributed by atoms with Crippen LogP contribution in [0.25, 0.3) is 0 Å². The quantitative estimate of drug-likeness (QED) is 0.177. The Bertz CT molecular complexity index is 1210. The molecule has 0 saturated carbocycles. The minimum Gasteiger partial charge on any atom is -0.497 e. The summed E-state index contributed by atoms with van der Waals surface area (Å²) in [4.78, 5) is 35.2. The van der Waals surface area contributed by atoms with Crippen molar-refractivity contribution in [3.63, 3.8) is 0 Å². The van der Waals surface area contributed by atoms with Crippen molar-refractivity contribution in [2.45, 2.75) is 24.7 Å². The molecule has 0 aliphatic heterocycles. The number of nitro groups is 1. The third-order valence-corrected chi connectivity index (χ3v) is 5.81. The molecule has 3 aromatic rings. The fourth-order valence-electron chi connectivity index (χ4n) is 3.11. The first kappa shape index (κ1) is 25.4. The fourth-order valence-corrected chi connectivity index (χ4v) is 3.86. The minimum absolute atomic E-state index is 0.0405. The van der Waals surface area contributed by atoms with Crippen LogP contribution in [-0.4, -0.2) is 44.4 Å². The molecule has 3 rings (SSSR count). The van der Waals surface area contributed by atoms with Gasteiger partial charge in [0.05, 0.1) is 23.8 Å². The van der Waals surface area contributed by atoms with Gasteiger partial charge in [0.15, 0.2) is 11.0 Å². The number of amides is 2. The maximum absolute atomic E-state index is 12.6. The van der Waals surface area contributed by atoms with Gasteiger partial charge in [-0.1, -0.05) is 17.8 Å². The number of thioether (sulfide) groups is 1. The van der Waals surface area contributed by atoms with E-state index < -0.39 is 11.0 Å². The van der Waals surface area contributed by atoms with Crippen LogP contribution in [0, 0.1) is 10.1 Å². The number of benzene rings is 2. The molecular formula is C23H24N6O5S. The molecular weight excluding hydrogens is 472 g/mol. The maximum atomic E-state index is 12.6. The van der Waals surface area contributed by atoms with Gasteiger partial charge in [-0.3, -0.25) is 19.7 Å². The Kier molecular flexibility index (Phi) is 8.57. The highest BCUT2D eigenvalue weighted by Crippen LogP contribution is 2.22. The van der Waals surface area contributed by atoms with E-state index in [0.717, 1.165) is 0 Å². The number of nitrogens with zero attached hydrogens (tertiary/aromatic N) is 4. The molecule has 0 radical (unpaired) electrons. The molecule has 1 aromatic heterocycles.